The largest absolute Gasteiger partial charge is 0.497 e. The number of carbonyl (C=O) groups is 1. The van der Waals surface area contributed by atoms with Crippen LogP contribution < -0.4 is 20.1 Å². The number of nitrogens with zero attached hydrogens (tertiary/aromatic N) is 2. The van der Waals surface area contributed by atoms with E-state index in [0.717, 1.165) is 5.56 Å². The van der Waals surface area contributed by atoms with Gasteiger partial charge in [0.25, 0.3) is 0 Å². The second-order valence-electron chi connectivity index (χ2n) is 5.90. The number of anilines is 1. The highest BCUT2D eigenvalue weighted by molar-refractivity contribution is 5.91. The number of carbonyl (C=O) groups excluding carboxylic acids is 1. The fraction of sp³-hybridized carbons (Fsp3) is 0.200. The van der Waals surface area contributed by atoms with Crippen LogP contribution in [0.4, 0.5) is 10.5 Å². The number of urea groups is 1. The summed E-state index contributed by atoms with van der Waals surface area (Å²) in [6, 6.07) is 14.0. The van der Waals surface area contributed by atoms with Crippen molar-refractivity contribution in [2.24, 2.45) is 7.05 Å². The lowest BCUT2D eigenvalue weighted by Crippen LogP contribution is -2.34. The molecule has 0 bridgehead atoms. The van der Waals surface area contributed by atoms with Gasteiger partial charge in [0.15, 0.2) is 0 Å². The molecule has 3 rings (SSSR count). The Kier molecular flexibility index (Phi) is 5.61. The molecule has 2 aromatic carbocycles. The third kappa shape index (κ3) is 4.20. The van der Waals surface area contributed by atoms with Gasteiger partial charge in [-0.1, -0.05) is 24.3 Å². The molecule has 0 saturated carbocycles. The molecule has 0 saturated heterocycles. The summed E-state index contributed by atoms with van der Waals surface area (Å²) in [5.41, 5.74) is 1.44. The van der Waals surface area contributed by atoms with E-state index >= 15 is 0 Å². The topological polar surface area (TPSA) is 77.4 Å². The first kappa shape index (κ1) is 18.3. The van der Waals surface area contributed by atoms with Gasteiger partial charge in [0, 0.05) is 19.4 Å². The molecular formula is C20H22N4O3. The van der Waals surface area contributed by atoms with Crippen molar-refractivity contribution in [3.05, 3.63) is 72.3 Å². The maximum Gasteiger partial charge on any atom is 0.320 e. The van der Waals surface area contributed by atoms with E-state index in [-0.39, 0.29) is 6.03 Å². The van der Waals surface area contributed by atoms with Crippen molar-refractivity contribution in [1.82, 2.24) is 14.9 Å². The fourth-order valence-corrected chi connectivity index (χ4v) is 2.81. The molecule has 0 radical (unpaired) electrons. The minimum atomic E-state index is -0.449. The number of methoxy groups -OCH3 is 2. The Morgan fingerprint density at radius 1 is 1.11 bits per heavy atom. The molecule has 0 aliphatic heterocycles. The Balaban J connectivity index is 1.87. The first-order chi connectivity index (χ1) is 13.1. The number of hydrogen-bond acceptors (Lipinski definition) is 4. The van der Waals surface area contributed by atoms with Crippen LogP contribution in [0.5, 0.6) is 11.5 Å². The molecule has 140 valence electrons. The van der Waals surface area contributed by atoms with Gasteiger partial charge in [0.2, 0.25) is 0 Å². The summed E-state index contributed by atoms with van der Waals surface area (Å²) in [6.45, 7) is 0. The molecular weight excluding hydrogens is 344 g/mol. The van der Waals surface area contributed by atoms with Crippen LogP contribution in [0.25, 0.3) is 0 Å². The monoisotopic (exact) mass is 366 g/mol. The Labute approximate surface area is 157 Å². The van der Waals surface area contributed by atoms with Crippen LogP contribution in [0, 0.1) is 0 Å². The number of ether oxygens (including phenoxy) is 2. The highest BCUT2D eigenvalue weighted by Crippen LogP contribution is 2.26. The molecule has 0 fully saturated rings. The molecule has 0 aliphatic rings. The Morgan fingerprint density at radius 3 is 2.63 bits per heavy atom. The summed E-state index contributed by atoms with van der Waals surface area (Å²) >= 11 is 0. The smallest absolute Gasteiger partial charge is 0.320 e. The summed E-state index contributed by atoms with van der Waals surface area (Å²) in [6.07, 6.45) is 3.53. The molecule has 7 nitrogen and oxygen atoms in total. The van der Waals surface area contributed by atoms with Crippen LogP contribution in [0.1, 0.15) is 17.4 Å². The molecule has 2 amide bonds. The maximum absolute atomic E-state index is 12.7. The number of imidazole rings is 1. The third-order valence-corrected chi connectivity index (χ3v) is 4.17. The van der Waals surface area contributed by atoms with Gasteiger partial charge in [-0.3, -0.25) is 0 Å². The zero-order chi connectivity index (χ0) is 19.2. The minimum absolute atomic E-state index is 0.365. The van der Waals surface area contributed by atoms with Gasteiger partial charge in [0.1, 0.15) is 23.4 Å². The normalized spacial score (nSPS) is 11.5. The predicted octanol–water partition coefficient (Wildman–Crippen LogP) is 3.35. The molecule has 3 aromatic rings. The number of rotatable bonds is 6. The van der Waals surface area contributed by atoms with Gasteiger partial charge in [-0.05, 0) is 29.8 Å². The fourth-order valence-electron chi connectivity index (χ4n) is 2.81. The number of amides is 2. The number of benzene rings is 2. The van der Waals surface area contributed by atoms with E-state index in [1.165, 1.54) is 0 Å². The zero-order valence-electron chi connectivity index (χ0n) is 15.5. The molecule has 7 heteroatoms. The molecule has 1 aromatic heterocycles. The van der Waals surface area contributed by atoms with Gasteiger partial charge in [0.05, 0.1) is 19.9 Å². The van der Waals surface area contributed by atoms with Gasteiger partial charge in [-0.2, -0.15) is 0 Å². The van der Waals surface area contributed by atoms with E-state index in [1.807, 2.05) is 54.2 Å². The zero-order valence-corrected chi connectivity index (χ0v) is 15.5. The SMILES string of the molecule is COc1cccc([C@@H](NC(=O)Nc2ccccc2OC)c2nccn2C)c1. The van der Waals surface area contributed by atoms with E-state index in [0.29, 0.717) is 23.0 Å². The molecule has 1 heterocycles. The highest BCUT2D eigenvalue weighted by atomic mass is 16.5. The van der Waals surface area contributed by atoms with Gasteiger partial charge >= 0.3 is 6.03 Å². The van der Waals surface area contributed by atoms with Crippen LogP contribution in [0.15, 0.2) is 60.9 Å². The summed E-state index contributed by atoms with van der Waals surface area (Å²) in [5, 5.41) is 5.81. The molecule has 1 atom stereocenters. The quantitative estimate of drug-likeness (QED) is 0.701. The van der Waals surface area contributed by atoms with Crippen molar-refractivity contribution >= 4 is 11.7 Å². The molecule has 0 spiro atoms. The minimum Gasteiger partial charge on any atom is -0.497 e. The van der Waals surface area contributed by atoms with Crippen LogP contribution in [-0.2, 0) is 7.05 Å². The standard InChI is InChI=1S/C20H22N4O3/c1-24-12-11-21-19(24)18(14-7-6-8-15(13-14)26-2)23-20(25)22-16-9-4-5-10-17(16)27-3/h4-13,18H,1-3H3,(H2,22,23,25)/t18-/m1/s1. The summed E-state index contributed by atoms with van der Waals surface area (Å²) in [4.78, 5) is 17.1. The van der Waals surface area contributed by atoms with E-state index < -0.39 is 6.04 Å². The Hall–Kier alpha value is -3.48. The second kappa shape index (κ2) is 8.27. The average Bonchev–Trinajstić information content (AvgIpc) is 3.12. The van der Waals surface area contributed by atoms with Crippen LogP contribution >= 0.6 is 0 Å². The van der Waals surface area contributed by atoms with Crippen LogP contribution in [-0.4, -0.2) is 29.8 Å². The number of hydrogen-bond donors (Lipinski definition) is 2. The van der Waals surface area contributed by atoms with E-state index in [1.54, 1.807) is 32.5 Å². The van der Waals surface area contributed by atoms with Gasteiger partial charge < -0.3 is 24.7 Å². The second-order valence-corrected chi connectivity index (χ2v) is 5.90. The van der Waals surface area contributed by atoms with Crippen LogP contribution in [0.2, 0.25) is 0 Å². The Morgan fingerprint density at radius 2 is 1.93 bits per heavy atom. The average molecular weight is 366 g/mol. The highest BCUT2D eigenvalue weighted by Gasteiger charge is 2.21. The van der Waals surface area contributed by atoms with Crippen molar-refractivity contribution in [3.8, 4) is 11.5 Å². The lowest BCUT2D eigenvalue weighted by molar-refractivity contribution is 0.249. The van der Waals surface area contributed by atoms with Crippen molar-refractivity contribution in [2.75, 3.05) is 19.5 Å². The first-order valence-corrected chi connectivity index (χ1v) is 8.44. The molecule has 0 aliphatic carbocycles. The van der Waals surface area contributed by atoms with Gasteiger partial charge in [-0.25, -0.2) is 9.78 Å². The van der Waals surface area contributed by atoms with E-state index in [2.05, 4.69) is 15.6 Å². The van der Waals surface area contributed by atoms with Crippen LogP contribution in [0.3, 0.4) is 0 Å². The van der Waals surface area contributed by atoms with Crippen molar-refractivity contribution < 1.29 is 14.3 Å². The van der Waals surface area contributed by atoms with E-state index in [4.69, 9.17) is 9.47 Å². The predicted molar refractivity (Wildman–Crippen MR) is 103 cm³/mol. The number of aryl methyl sites for hydroxylation is 1. The van der Waals surface area contributed by atoms with Crippen molar-refractivity contribution in [1.29, 1.82) is 0 Å². The number of nitrogens with one attached hydrogen (secondary N) is 2. The van der Waals surface area contributed by atoms with Crippen molar-refractivity contribution in [2.45, 2.75) is 6.04 Å². The Bertz CT molecular complexity index is 923. The first-order valence-electron chi connectivity index (χ1n) is 8.44. The van der Waals surface area contributed by atoms with Crippen molar-refractivity contribution in [3.63, 3.8) is 0 Å². The lowest BCUT2D eigenvalue weighted by atomic mass is 10.1. The number of para-hydroxylation sites is 2. The maximum atomic E-state index is 12.7. The summed E-state index contributed by atoms with van der Waals surface area (Å²) in [5.74, 6) is 2.00. The number of aromatic nitrogens is 2. The van der Waals surface area contributed by atoms with Gasteiger partial charge in [-0.15, -0.1) is 0 Å². The summed E-state index contributed by atoms with van der Waals surface area (Å²) in [7, 11) is 5.05. The lowest BCUT2D eigenvalue weighted by Gasteiger charge is -2.20. The molecule has 0 unspecified atom stereocenters. The molecule has 27 heavy (non-hydrogen) atoms. The third-order valence-electron chi connectivity index (χ3n) is 4.17. The molecule has 2 N–H and O–H groups in total. The van der Waals surface area contributed by atoms with E-state index in [9.17, 15) is 4.79 Å². The summed E-state index contributed by atoms with van der Waals surface area (Å²) < 4.78 is 12.5.